The van der Waals surface area contributed by atoms with E-state index in [1.165, 1.54) is 17.5 Å². The van der Waals surface area contributed by atoms with Gasteiger partial charge in [0.2, 0.25) is 0 Å². The van der Waals surface area contributed by atoms with Crippen LogP contribution in [-0.4, -0.2) is 10.2 Å². The maximum Gasteiger partial charge on any atom is 0.115 e. The number of hydrogen-bond acceptors (Lipinski definition) is 2. The molecule has 0 unspecified atom stereocenters. The number of rotatable bonds is 2. The van der Waals surface area contributed by atoms with Crippen LogP contribution in [0.2, 0.25) is 0 Å². The normalized spacial score (nSPS) is 24.1. The molecule has 0 heterocycles. The van der Waals surface area contributed by atoms with E-state index in [0.29, 0.717) is 17.4 Å². The zero-order chi connectivity index (χ0) is 15.7. The van der Waals surface area contributed by atoms with Crippen molar-refractivity contribution in [3.8, 4) is 11.5 Å². The molecule has 0 amide bonds. The predicted molar refractivity (Wildman–Crippen MR) is 89.2 cm³/mol. The molecular formula is C20H24O2. The predicted octanol–water partition coefficient (Wildman–Crippen LogP) is 4.84. The molecule has 2 aromatic carbocycles. The van der Waals surface area contributed by atoms with Gasteiger partial charge in [0.25, 0.3) is 0 Å². The molecule has 2 N–H and O–H groups in total. The Morgan fingerprint density at radius 1 is 0.773 bits per heavy atom. The minimum atomic E-state index is -0.0205. The highest BCUT2D eigenvalue weighted by Crippen LogP contribution is 2.49. The topological polar surface area (TPSA) is 40.5 Å². The van der Waals surface area contributed by atoms with E-state index in [1.807, 2.05) is 24.3 Å². The molecule has 3 rings (SSSR count). The second kappa shape index (κ2) is 5.68. The molecule has 2 heteroatoms. The van der Waals surface area contributed by atoms with Crippen molar-refractivity contribution in [3.05, 3.63) is 59.7 Å². The van der Waals surface area contributed by atoms with E-state index in [0.717, 1.165) is 18.8 Å². The smallest absolute Gasteiger partial charge is 0.115 e. The van der Waals surface area contributed by atoms with Gasteiger partial charge < -0.3 is 10.2 Å². The summed E-state index contributed by atoms with van der Waals surface area (Å²) in [6, 6.07) is 15.3. The van der Waals surface area contributed by atoms with E-state index >= 15 is 0 Å². The minimum Gasteiger partial charge on any atom is -0.508 e. The molecule has 2 nitrogen and oxygen atoms in total. The third-order valence-electron chi connectivity index (χ3n) is 5.51. The maximum absolute atomic E-state index is 9.61. The third-order valence-corrected chi connectivity index (χ3v) is 5.51. The fourth-order valence-corrected chi connectivity index (χ4v) is 3.86. The summed E-state index contributed by atoms with van der Waals surface area (Å²) in [5.74, 6) is 2.00. The van der Waals surface area contributed by atoms with Crippen LogP contribution in [-0.2, 0) is 5.41 Å². The molecule has 0 saturated heterocycles. The Hall–Kier alpha value is -1.96. The lowest BCUT2D eigenvalue weighted by molar-refractivity contribution is 0.201. The van der Waals surface area contributed by atoms with Gasteiger partial charge in [-0.3, -0.25) is 0 Å². The molecule has 1 saturated carbocycles. The molecule has 1 fully saturated rings. The Morgan fingerprint density at radius 3 is 1.64 bits per heavy atom. The first kappa shape index (κ1) is 15.0. The molecule has 1 aliphatic carbocycles. The van der Waals surface area contributed by atoms with Crippen molar-refractivity contribution in [3.63, 3.8) is 0 Å². The molecule has 0 bridgehead atoms. The van der Waals surface area contributed by atoms with Crippen LogP contribution >= 0.6 is 0 Å². The molecule has 116 valence electrons. The number of aromatic hydroxyl groups is 2. The summed E-state index contributed by atoms with van der Waals surface area (Å²) in [5.41, 5.74) is 2.50. The van der Waals surface area contributed by atoms with Crippen LogP contribution in [0, 0.1) is 11.8 Å². The van der Waals surface area contributed by atoms with E-state index < -0.39 is 0 Å². The molecule has 2 atom stereocenters. The van der Waals surface area contributed by atoms with Crippen molar-refractivity contribution in [2.75, 3.05) is 0 Å². The lowest BCUT2D eigenvalue weighted by Gasteiger charge is -2.44. The zero-order valence-corrected chi connectivity index (χ0v) is 13.3. The average molecular weight is 296 g/mol. The highest BCUT2D eigenvalue weighted by atomic mass is 16.3. The van der Waals surface area contributed by atoms with Crippen molar-refractivity contribution >= 4 is 0 Å². The van der Waals surface area contributed by atoms with Gasteiger partial charge in [0.1, 0.15) is 11.5 Å². The second-order valence-corrected chi connectivity index (χ2v) is 6.87. The summed E-state index contributed by atoms with van der Waals surface area (Å²) in [5, 5.41) is 19.2. The van der Waals surface area contributed by atoms with Crippen LogP contribution in [0.15, 0.2) is 48.5 Å². The fourth-order valence-electron chi connectivity index (χ4n) is 3.86. The largest absolute Gasteiger partial charge is 0.508 e. The molecule has 0 radical (unpaired) electrons. The maximum atomic E-state index is 9.61. The van der Waals surface area contributed by atoms with Crippen LogP contribution in [0.5, 0.6) is 11.5 Å². The summed E-state index contributed by atoms with van der Waals surface area (Å²) < 4.78 is 0. The van der Waals surface area contributed by atoms with Gasteiger partial charge in [0.05, 0.1) is 0 Å². The molecule has 0 spiro atoms. The van der Waals surface area contributed by atoms with Crippen molar-refractivity contribution in [2.24, 2.45) is 11.8 Å². The minimum absolute atomic E-state index is 0.0205. The molecular weight excluding hydrogens is 272 g/mol. The lowest BCUT2D eigenvalue weighted by Crippen LogP contribution is -2.36. The van der Waals surface area contributed by atoms with Gasteiger partial charge in [-0.25, -0.2) is 0 Å². The second-order valence-electron chi connectivity index (χ2n) is 6.87. The fraction of sp³-hybridized carbons (Fsp3) is 0.400. The molecule has 1 aliphatic rings. The van der Waals surface area contributed by atoms with Crippen LogP contribution in [0.3, 0.4) is 0 Å². The van der Waals surface area contributed by atoms with Crippen LogP contribution in [0.1, 0.15) is 44.2 Å². The Kier molecular flexibility index (Phi) is 3.86. The van der Waals surface area contributed by atoms with Crippen LogP contribution in [0.4, 0.5) is 0 Å². The van der Waals surface area contributed by atoms with Gasteiger partial charge in [-0.05, 0) is 66.5 Å². The summed E-state index contributed by atoms with van der Waals surface area (Å²) >= 11 is 0. The summed E-state index contributed by atoms with van der Waals surface area (Å²) in [6.45, 7) is 4.67. The number of phenols is 2. The Balaban J connectivity index is 2.09. The van der Waals surface area contributed by atoms with Gasteiger partial charge in [-0.15, -0.1) is 0 Å². The van der Waals surface area contributed by atoms with Gasteiger partial charge in [-0.1, -0.05) is 38.1 Å². The Labute approximate surface area is 132 Å². The van der Waals surface area contributed by atoms with Gasteiger partial charge in [-0.2, -0.15) is 0 Å². The van der Waals surface area contributed by atoms with E-state index in [2.05, 4.69) is 13.8 Å². The standard InChI is InChI=1S/C20H24O2/c1-14-11-12-20(13-15(14)2,16-3-7-18(21)8-4-16)17-5-9-19(22)10-6-17/h3-10,14-15,21-22H,11-13H2,1-2H3/t14-,15+/m1/s1. The average Bonchev–Trinajstić information content (AvgIpc) is 2.52. The SMILES string of the molecule is C[C@@H]1CCC(c2ccc(O)cc2)(c2ccc(O)cc2)C[C@@H]1C. The van der Waals surface area contributed by atoms with Crippen LogP contribution < -0.4 is 0 Å². The van der Waals surface area contributed by atoms with E-state index in [4.69, 9.17) is 0 Å². The summed E-state index contributed by atoms with van der Waals surface area (Å²) in [7, 11) is 0. The van der Waals surface area contributed by atoms with E-state index in [1.54, 1.807) is 24.3 Å². The first-order chi connectivity index (χ1) is 10.5. The molecule has 22 heavy (non-hydrogen) atoms. The van der Waals surface area contributed by atoms with Crippen molar-refractivity contribution in [1.82, 2.24) is 0 Å². The monoisotopic (exact) mass is 296 g/mol. The van der Waals surface area contributed by atoms with Crippen LogP contribution in [0.25, 0.3) is 0 Å². The highest BCUT2D eigenvalue weighted by molar-refractivity contribution is 5.43. The van der Waals surface area contributed by atoms with E-state index in [9.17, 15) is 10.2 Å². The Morgan fingerprint density at radius 2 is 1.23 bits per heavy atom. The van der Waals surface area contributed by atoms with Crippen molar-refractivity contribution in [2.45, 2.75) is 38.5 Å². The molecule has 2 aromatic rings. The number of phenolic OH excluding ortho intramolecular Hbond substituents is 2. The molecule has 0 aromatic heterocycles. The van der Waals surface area contributed by atoms with Crippen molar-refractivity contribution in [1.29, 1.82) is 0 Å². The zero-order valence-electron chi connectivity index (χ0n) is 13.3. The van der Waals surface area contributed by atoms with E-state index in [-0.39, 0.29) is 5.41 Å². The number of benzene rings is 2. The third kappa shape index (κ3) is 2.58. The first-order valence-corrected chi connectivity index (χ1v) is 8.10. The summed E-state index contributed by atoms with van der Waals surface area (Å²) in [6.07, 6.45) is 3.40. The van der Waals surface area contributed by atoms with Crippen molar-refractivity contribution < 1.29 is 10.2 Å². The summed E-state index contributed by atoms with van der Waals surface area (Å²) in [4.78, 5) is 0. The first-order valence-electron chi connectivity index (χ1n) is 8.10. The quantitative estimate of drug-likeness (QED) is 0.832. The Bertz CT molecular complexity index is 582. The van der Waals surface area contributed by atoms with Gasteiger partial charge in [0.15, 0.2) is 0 Å². The lowest BCUT2D eigenvalue weighted by atomic mass is 9.60. The number of hydrogen-bond donors (Lipinski definition) is 2. The highest BCUT2D eigenvalue weighted by Gasteiger charge is 2.40. The molecule has 0 aliphatic heterocycles. The van der Waals surface area contributed by atoms with Gasteiger partial charge >= 0.3 is 0 Å². The van der Waals surface area contributed by atoms with Gasteiger partial charge in [0, 0.05) is 5.41 Å².